The Hall–Kier alpha value is -2.10. The fourth-order valence-corrected chi connectivity index (χ4v) is 3.25. The molecule has 1 aliphatic heterocycles. The van der Waals surface area contributed by atoms with Crippen LogP contribution in [-0.2, 0) is 25.9 Å². The zero-order valence-corrected chi connectivity index (χ0v) is 11.1. The van der Waals surface area contributed by atoms with Crippen molar-refractivity contribution in [2.75, 3.05) is 0 Å². The van der Waals surface area contributed by atoms with E-state index in [-0.39, 0.29) is 11.7 Å². The van der Waals surface area contributed by atoms with Crippen LogP contribution >= 0.6 is 0 Å². The molecule has 0 spiro atoms. The van der Waals surface area contributed by atoms with Crippen molar-refractivity contribution in [2.24, 2.45) is 0 Å². The van der Waals surface area contributed by atoms with Crippen molar-refractivity contribution in [1.82, 2.24) is 9.88 Å². The molecule has 0 saturated heterocycles. The summed E-state index contributed by atoms with van der Waals surface area (Å²) in [5, 5.41) is 0. The normalized spacial score (nSPS) is 16.4. The number of carbonyl (C=O) groups is 1. The number of aryl methyl sites for hydroxylation is 2. The SMILES string of the molecule is O=C(c1cc2c([nH]1)CCC2)N1Cc2cccc(F)c2C1. The number of fused-ring (bicyclic) bond motifs is 2. The molecule has 2 aromatic rings. The van der Waals surface area contributed by atoms with Gasteiger partial charge in [0.2, 0.25) is 0 Å². The third kappa shape index (κ3) is 1.68. The number of hydrogen-bond acceptors (Lipinski definition) is 1. The van der Waals surface area contributed by atoms with Crippen molar-refractivity contribution in [3.05, 3.63) is 58.2 Å². The number of benzene rings is 1. The number of aromatic nitrogens is 1. The zero-order valence-electron chi connectivity index (χ0n) is 11.1. The molecule has 0 bridgehead atoms. The summed E-state index contributed by atoms with van der Waals surface area (Å²) in [7, 11) is 0. The molecule has 3 nitrogen and oxygen atoms in total. The lowest BCUT2D eigenvalue weighted by Crippen LogP contribution is -2.25. The Morgan fingerprint density at radius 3 is 2.90 bits per heavy atom. The second-order valence-electron chi connectivity index (χ2n) is 5.58. The molecular formula is C16H15FN2O. The van der Waals surface area contributed by atoms with Gasteiger partial charge in [-0.25, -0.2) is 4.39 Å². The first-order chi connectivity index (χ1) is 9.72. The van der Waals surface area contributed by atoms with E-state index in [0.29, 0.717) is 24.3 Å². The smallest absolute Gasteiger partial charge is 0.270 e. The van der Waals surface area contributed by atoms with Crippen LogP contribution < -0.4 is 0 Å². The Kier molecular flexibility index (Phi) is 2.46. The van der Waals surface area contributed by atoms with Gasteiger partial charge in [0.15, 0.2) is 0 Å². The Balaban J connectivity index is 1.60. The van der Waals surface area contributed by atoms with Gasteiger partial charge in [-0.1, -0.05) is 12.1 Å². The van der Waals surface area contributed by atoms with Gasteiger partial charge in [0.25, 0.3) is 5.91 Å². The minimum absolute atomic E-state index is 0.0324. The molecule has 0 atom stereocenters. The highest BCUT2D eigenvalue weighted by molar-refractivity contribution is 5.93. The largest absolute Gasteiger partial charge is 0.354 e. The summed E-state index contributed by atoms with van der Waals surface area (Å²) in [4.78, 5) is 17.4. The molecule has 4 heteroatoms. The van der Waals surface area contributed by atoms with Crippen molar-refractivity contribution < 1.29 is 9.18 Å². The molecule has 0 fully saturated rings. The topological polar surface area (TPSA) is 36.1 Å². The summed E-state index contributed by atoms with van der Waals surface area (Å²) in [5.74, 6) is -0.248. The van der Waals surface area contributed by atoms with E-state index in [1.54, 1.807) is 11.0 Å². The molecular weight excluding hydrogens is 255 g/mol. The average molecular weight is 270 g/mol. The molecule has 1 aromatic carbocycles. The van der Waals surface area contributed by atoms with E-state index in [4.69, 9.17) is 0 Å². The van der Waals surface area contributed by atoms with E-state index >= 15 is 0 Å². The van der Waals surface area contributed by atoms with Gasteiger partial charge in [0.05, 0.1) is 0 Å². The van der Waals surface area contributed by atoms with E-state index < -0.39 is 0 Å². The van der Waals surface area contributed by atoms with Gasteiger partial charge in [0, 0.05) is 24.3 Å². The monoisotopic (exact) mass is 270 g/mol. The second kappa shape index (κ2) is 4.20. The predicted octanol–water partition coefficient (Wildman–Crippen LogP) is 2.80. The lowest BCUT2D eigenvalue weighted by Gasteiger charge is -2.14. The molecule has 2 aliphatic rings. The summed E-state index contributed by atoms with van der Waals surface area (Å²) in [6, 6.07) is 7.01. The van der Waals surface area contributed by atoms with E-state index in [1.165, 1.54) is 17.3 Å². The minimum atomic E-state index is -0.216. The number of halogens is 1. The third-order valence-corrected chi connectivity index (χ3v) is 4.31. The highest BCUT2D eigenvalue weighted by Gasteiger charge is 2.28. The number of amides is 1. The molecule has 1 amide bonds. The Labute approximate surface area is 116 Å². The van der Waals surface area contributed by atoms with Crippen LogP contribution in [0.2, 0.25) is 0 Å². The van der Waals surface area contributed by atoms with Gasteiger partial charge in [-0.3, -0.25) is 4.79 Å². The second-order valence-corrected chi connectivity index (χ2v) is 5.58. The van der Waals surface area contributed by atoms with Gasteiger partial charge >= 0.3 is 0 Å². The van der Waals surface area contributed by atoms with Gasteiger partial charge in [-0.2, -0.15) is 0 Å². The number of carbonyl (C=O) groups excluding carboxylic acids is 1. The van der Waals surface area contributed by atoms with Gasteiger partial charge in [0.1, 0.15) is 11.5 Å². The molecule has 1 aromatic heterocycles. The average Bonchev–Trinajstić information content (AvgIpc) is 3.11. The van der Waals surface area contributed by atoms with Crippen LogP contribution in [-0.4, -0.2) is 15.8 Å². The number of hydrogen-bond donors (Lipinski definition) is 1. The lowest BCUT2D eigenvalue weighted by molar-refractivity contribution is 0.0745. The summed E-state index contributed by atoms with van der Waals surface area (Å²) in [6.07, 6.45) is 3.24. The van der Waals surface area contributed by atoms with Crippen LogP contribution in [0.4, 0.5) is 4.39 Å². The number of H-pyrrole nitrogens is 1. The maximum absolute atomic E-state index is 13.7. The van der Waals surface area contributed by atoms with Crippen molar-refractivity contribution in [3.63, 3.8) is 0 Å². The van der Waals surface area contributed by atoms with Gasteiger partial charge < -0.3 is 9.88 Å². The highest BCUT2D eigenvalue weighted by atomic mass is 19.1. The lowest BCUT2D eigenvalue weighted by atomic mass is 10.1. The van der Waals surface area contributed by atoms with Crippen molar-refractivity contribution in [2.45, 2.75) is 32.4 Å². The quantitative estimate of drug-likeness (QED) is 0.850. The van der Waals surface area contributed by atoms with Crippen LogP contribution in [0, 0.1) is 5.82 Å². The number of nitrogens with zero attached hydrogens (tertiary/aromatic N) is 1. The predicted molar refractivity (Wildman–Crippen MR) is 72.8 cm³/mol. The maximum atomic E-state index is 13.7. The molecule has 20 heavy (non-hydrogen) atoms. The summed E-state index contributed by atoms with van der Waals surface area (Å²) in [5.41, 5.74) is 4.66. The number of rotatable bonds is 1. The van der Waals surface area contributed by atoms with E-state index in [1.807, 2.05) is 12.1 Å². The Morgan fingerprint density at radius 1 is 1.20 bits per heavy atom. The fraction of sp³-hybridized carbons (Fsp3) is 0.312. The van der Waals surface area contributed by atoms with Crippen LogP contribution in [0.25, 0.3) is 0 Å². The molecule has 1 N–H and O–H groups in total. The van der Waals surface area contributed by atoms with E-state index in [9.17, 15) is 9.18 Å². The molecule has 4 rings (SSSR count). The van der Waals surface area contributed by atoms with Crippen molar-refractivity contribution in [3.8, 4) is 0 Å². The van der Waals surface area contributed by atoms with E-state index in [0.717, 1.165) is 24.8 Å². The fourth-order valence-electron chi connectivity index (χ4n) is 3.25. The van der Waals surface area contributed by atoms with E-state index in [2.05, 4.69) is 4.98 Å². The van der Waals surface area contributed by atoms with Crippen LogP contribution in [0.3, 0.4) is 0 Å². The van der Waals surface area contributed by atoms with Crippen LogP contribution in [0.15, 0.2) is 24.3 Å². The molecule has 1 aliphatic carbocycles. The van der Waals surface area contributed by atoms with Crippen LogP contribution in [0.1, 0.15) is 39.3 Å². The summed E-state index contributed by atoms with van der Waals surface area (Å²) in [6.45, 7) is 0.861. The first-order valence-electron chi connectivity index (χ1n) is 6.98. The van der Waals surface area contributed by atoms with Gasteiger partial charge in [-0.05, 0) is 42.5 Å². The highest BCUT2D eigenvalue weighted by Crippen LogP contribution is 2.28. The van der Waals surface area contributed by atoms with Crippen molar-refractivity contribution >= 4 is 5.91 Å². The first kappa shape index (κ1) is 11.7. The third-order valence-electron chi connectivity index (χ3n) is 4.31. The molecule has 0 unspecified atom stereocenters. The molecule has 2 heterocycles. The zero-order chi connectivity index (χ0) is 13.7. The van der Waals surface area contributed by atoms with Crippen molar-refractivity contribution in [1.29, 1.82) is 0 Å². The van der Waals surface area contributed by atoms with Gasteiger partial charge in [-0.15, -0.1) is 0 Å². The Bertz CT molecular complexity index is 683. The molecule has 102 valence electrons. The summed E-state index contributed by atoms with van der Waals surface area (Å²) >= 11 is 0. The Morgan fingerprint density at radius 2 is 2.10 bits per heavy atom. The minimum Gasteiger partial charge on any atom is -0.354 e. The maximum Gasteiger partial charge on any atom is 0.270 e. The number of nitrogens with one attached hydrogen (secondary N) is 1. The molecule has 0 saturated carbocycles. The standard InChI is InChI=1S/C16H15FN2O/c17-13-5-1-4-11-8-19(9-12(11)13)16(20)15-7-10-3-2-6-14(10)18-15/h1,4-5,7,18H,2-3,6,8-9H2. The molecule has 0 radical (unpaired) electrons. The van der Waals surface area contributed by atoms with Crippen LogP contribution in [0.5, 0.6) is 0 Å². The first-order valence-corrected chi connectivity index (χ1v) is 6.98. The number of aromatic amines is 1. The summed E-state index contributed by atoms with van der Waals surface area (Å²) < 4.78 is 13.7.